The molecule has 1 aromatic rings. The first kappa shape index (κ1) is 9.84. The predicted molar refractivity (Wildman–Crippen MR) is 57.0 cm³/mol. The van der Waals surface area contributed by atoms with E-state index in [1.807, 2.05) is 11.8 Å². The highest BCUT2D eigenvalue weighted by Gasteiger charge is 2.39. The Morgan fingerprint density at radius 1 is 1.50 bits per heavy atom. The van der Waals surface area contributed by atoms with E-state index >= 15 is 0 Å². The molecule has 0 bridgehead atoms. The normalized spacial score (nSPS) is 28.4. The number of fused-ring (bicyclic) bond motifs is 1. The van der Waals surface area contributed by atoms with Crippen molar-refractivity contribution in [3.8, 4) is 0 Å². The fraction of sp³-hybridized carbons (Fsp3) is 0.636. The summed E-state index contributed by atoms with van der Waals surface area (Å²) in [5.41, 5.74) is 0.820. The van der Waals surface area contributed by atoms with E-state index in [0.717, 1.165) is 31.7 Å². The topological polar surface area (TPSA) is 58.4 Å². The minimum absolute atomic E-state index is 0.00981. The van der Waals surface area contributed by atoms with Crippen LogP contribution in [0.1, 0.15) is 16.1 Å². The van der Waals surface area contributed by atoms with E-state index in [0.29, 0.717) is 17.6 Å². The molecule has 3 rings (SSSR count). The summed E-state index contributed by atoms with van der Waals surface area (Å²) in [5, 5.41) is 7.01. The summed E-state index contributed by atoms with van der Waals surface area (Å²) in [7, 11) is 0. The summed E-state index contributed by atoms with van der Waals surface area (Å²) in [6, 6.07) is 0. The highest BCUT2D eigenvalue weighted by atomic mass is 16.5. The average molecular weight is 221 g/mol. The van der Waals surface area contributed by atoms with Gasteiger partial charge in [0.2, 0.25) is 5.76 Å². The van der Waals surface area contributed by atoms with Gasteiger partial charge in [-0.3, -0.25) is 4.79 Å². The van der Waals surface area contributed by atoms with Crippen LogP contribution in [0.2, 0.25) is 0 Å². The van der Waals surface area contributed by atoms with Crippen molar-refractivity contribution < 1.29 is 9.32 Å². The third kappa shape index (κ3) is 1.43. The van der Waals surface area contributed by atoms with Crippen LogP contribution in [0.5, 0.6) is 0 Å². The predicted octanol–water partition coefficient (Wildman–Crippen LogP) is 0.274. The fourth-order valence-corrected chi connectivity index (χ4v) is 2.66. The molecule has 5 heteroatoms. The van der Waals surface area contributed by atoms with Crippen molar-refractivity contribution in [1.82, 2.24) is 15.4 Å². The van der Waals surface area contributed by atoms with E-state index in [2.05, 4.69) is 10.5 Å². The van der Waals surface area contributed by atoms with E-state index in [1.165, 1.54) is 0 Å². The smallest absolute Gasteiger partial charge is 0.292 e. The number of hydrogen-bond acceptors (Lipinski definition) is 4. The van der Waals surface area contributed by atoms with Gasteiger partial charge in [-0.05, 0) is 18.8 Å². The van der Waals surface area contributed by atoms with Crippen molar-refractivity contribution in [2.45, 2.75) is 6.92 Å². The van der Waals surface area contributed by atoms with Crippen molar-refractivity contribution >= 4 is 5.91 Å². The Hall–Kier alpha value is -1.36. The molecule has 2 saturated heterocycles. The van der Waals surface area contributed by atoms with Gasteiger partial charge in [0, 0.05) is 31.7 Å². The third-order valence-corrected chi connectivity index (χ3v) is 3.62. The number of rotatable bonds is 1. The summed E-state index contributed by atoms with van der Waals surface area (Å²) in [6.07, 6.45) is 1.59. The largest absolute Gasteiger partial charge is 0.351 e. The van der Waals surface area contributed by atoms with Gasteiger partial charge in [-0.2, -0.15) is 0 Å². The van der Waals surface area contributed by atoms with Crippen molar-refractivity contribution in [1.29, 1.82) is 0 Å². The second kappa shape index (κ2) is 3.59. The lowest BCUT2D eigenvalue weighted by Gasteiger charge is -2.15. The Morgan fingerprint density at radius 2 is 2.19 bits per heavy atom. The van der Waals surface area contributed by atoms with Crippen LogP contribution >= 0.6 is 0 Å². The molecule has 0 unspecified atom stereocenters. The van der Waals surface area contributed by atoms with Gasteiger partial charge in [-0.25, -0.2) is 0 Å². The summed E-state index contributed by atoms with van der Waals surface area (Å²) in [4.78, 5) is 14.0. The Bertz CT molecular complexity index is 403. The zero-order chi connectivity index (χ0) is 11.1. The number of carbonyl (C=O) groups is 1. The molecular weight excluding hydrogens is 206 g/mol. The Labute approximate surface area is 93.8 Å². The number of aromatic nitrogens is 1. The molecule has 3 heterocycles. The number of nitrogens with one attached hydrogen (secondary N) is 1. The lowest BCUT2D eigenvalue weighted by Crippen LogP contribution is -2.31. The molecule has 2 aliphatic rings. The lowest BCUT2D eigenvalue weighted by molar-refractivity contribution is 0.0739. The van der Waals surface area contributed by atoms with Gasteiger partial charge in [0.15, 0.2) is 0 Å². The van der Waals surface area contributed by atoms with Gasteiger partial charge < -0.3 is 14.7 Å². The quantitative estimate of drug-likeness (QED) is 0.739. The minimum Gasteiger partial charge on any atom is -0.351 e. The molecule has 5 nitrogen and oxygen atoms in total. The van der Waals surface area contributed by atoms with Crippen molar-refractivity contribution in [2.24, 2.45) is 11.8 Å². The summed E-state index contributed by atoms with van der Waals surface area (Å²) < 4.78 is 5.00. The van der Waals surface area contributed by atoms with Crippen molar-refractivity contribution in [3.05, 3.63) is 17.5 Å². The number of aryl methyl sites for hydroxylation is 1. The number of nitrogens with zero attached hydrogens (tertiary/aromatic N) is 2. The third-order valence-electron chi connectivity index (χ3n) is 3.62. The molecule has 0 saturated carbocycles. The SMILES string of the molecule is Cc1cnoc1C(=O)N1C[C@H]2CNC[C@H]2C1. The second-order valence-corrected chi connectivity index (χ2v) is 4.73. The first-order valence-electron chi connectivity index (χ1n) is 5.67. The van der Waals surface area contributed by atoms with E-state index in [4.69, 9.17) is 4.52 Å². The number of likely N-dealkylation sites (tertiary alicyclic amines) is 1. The minimum atomic E-state index is -0.00981. The lowest BCUT2D eigenvalue weighted by atomic mass is 10.0. The zero-order valence-electron chi connectivity index (χ0n) is 9.27. The number of carbonyl (C=O) groups excluding carboxylic acids is 1. The number of hydrogen-bond donors (Lipinski definition) is 1. The van der Waals surface area contributed by atoms with Gasteiger partial charge in [0.05, 0.1) is 6.20 Å². The second-order valence-electron chi connectivity index (χ2n) is 4.73. The Balaban J connectivity index is 1.75. The summed E-state index contributed by atoms with van der Waals surface area (Å²) in [6.45, 7) is 5.60. The Morgan fingerprint density at radius 3 is 2.75 bits per heavy atom. The maximum atomic E-state index is 12.1. The molecule has 2 fully saturated rings. The molecule has 1 amide bonds. The zero-order valence-corrected chi connectivity index (χ0v) is 9.27. The molecule has 16 heavy (non-hydrogen) atoms. The van der Waals surface area contributed by atoms with E-state index in [9.17, 15) is 4.79 Å². The maximum Gasteiger partial charge on any atom is 0.292 e. The summed E-state index contributed by atoms with van der Waals surface area (Å²) in [5.74, 6) is 1.62. The maximum absolute atomic E-state index is 12.1. The molecule has 1 aromatic heterocycles. The molecule has 0 aromatic carbocycles. The molecule has 86 valence electrons. The van der Waals surface area contributed by atoms with E-state index in [-0.39, 0.29) is 5.91 Å². The van der Waals surface area contributed by atoms with Gasteiger partial charge >= 0.3 is 0 Å². The van der Waals surface area contributed by atoms with Crippen LogP contribution in [0.4, 0.5) is 0 Å². The molecule has 2 aliphatic heterocycles. The van der Waals surface area contributed by atoms with Crippen LogP contribution in [0.25, 0.3) is 0 Å². The van der Waals surface area contributed by atoms with Crippen molar-refractivity contribution in [2.75, 3.05) is 26.2 Å². The van der Waals surface area contributed by atoms with Crippen LogP contribution in [0.3, 0.4) is 0 Å². The van der Waals surface area contributed by atoms with Crippen LogP contribution in [-0.4, -0.2) is 42.1 Å². The summed E-state index contributed by atoms with van der Waals surface area (Å²) >= 11 is 0. The van der Waals surface area contributed by atoms with Crippen LogP contribution in [0, 0.1) is 18.8 Å². The van der Waals surface area contributed by atoms with Crippen LogP contribution in [0.15, 0.2) is 10.7 Å². The number of amides is 1. The Kier molecular flexibility index (Phi) is 2.21. The van der Waals surface area contributed by atoms with Crippen molar-refractivity contribution in [3.63, 3.8) is 0 Å². The first-order valence-corrected chi connectivity index (χ1v) is 5.67. The van der Waals surface area contributed by atoms with Gasteiger partial charge in [0.1, 0.15) is 0 Å². The molecule has 0 radical (unpaired) electrons. The van der Waals surface area contributed by atoms with Crippen LogP contribution in [-0.2, 0) is 0 Å². The molecule has 0 aliphatic carbocycles. The van der Waals surface area contributed by atoms with Gasteiger partial charge in [0.25, 0.3) is 5.91 Å². The monoisotopic (exact) mass is 221 g/mol. The fourth-order valence-electron chi connectivity index (χ4n) is 2.66. The molecule has 0 spiro atoms. The first-order chi connectivity index (χ1) is 7.75. The standard InChI is InChI=1S/C11H15N3O2/c1-7-2-13-16-10(7)11(15)14-5-8-3-12-4-9(8)6-14/h2,8-9,12H,3-6H2,1H3/t8-,9+. The molecule has 1 N–H and O–H groups in total. The highest BCUT2D eigenvalue weighted by Crippen LogP contribution is 2.27. The van der Waals surface area contributed by atoms with Gasteiger partial charge in [-0.15, -0.1) is 0 Å². The molecule has 2 atom stereocenters. The van der Waals surface area contributed by atoms with Crippen LogP contribution < -0.4 is 5.32 Å². The highest BCUT2D eigenvalue weighted by molar-refractivity contribution is 5.92. The van der Waals surface area contributed by atoms with E-state index in [1.54, 1.807) is 6.20 Å². The average Bonchev–Trinajstić information content (AvgIpc) is 2.89. The molecular formula is C11H15N3O2. The van der Waals surface area contributed by atoms with Gasteiger partial charge in [-0.1, -0.05) is 5.16 Å². The van der Waals surface area contributed by atoms with E-state index < -0.39 is 0 Å².